The van der Waals surface area contributed by atoms with Crippen molar-refractivity contribution in [2.24, 2.45) is 0 Å². The smallest absolute Gasteiger partial charge is 0.243 e. The first kappa shape index (κ1) is 26.7. The van der Waals surface area contributed by atoms with Crippen LogP contribution in [0.15, 0.2) is 64.4 Å². The molecule has 1 aliphatic carbocycles. The lowest BCUT2D eigenvalue weighted by Crippen LogP contribution is -2.42. The van der Waals surface area contributed by atoms with Gasteiger partial charge in [0.1, 0.15) is 0 Å². The fourth-order valence-corrected chi connectivity index (χ4v) is 7.33. The Morgan fingerprint density at radius 3 is 2.17 bits per heavy atom. The van der Waals surface area contributed by atoms with Gasteiger partial charge in [-0.2, -0.15) is 4.31 Å². The van der Waals surface area contributed by atoms with E-state index in [0.29, 0.717) is 18.7 Å². The molecule has 2 N–H and O–H groups in total. The fourth-order valence-electron chi connectivity index (χ4n) is 4.59. The summed E-state index contributed by atoms with van der Waals surface area (Å²) in [5.74, 6) is -0.473. The molecule has 1 atom stereocenters. The van der Waals surface area contributed by atoms with E-state index in [1.54, 1.807) is 24.3 Å². The summed E-state index contributed by atoms with van der Waals surface area (Å²) in [7, 11) is -7.85. The SMILES string of the molecule is O=C(CN(C[C@H]1CCCO1)S(=O)(=O)c1ccc(S(=O)(=O)NC2CCCCC2)cc1)Nc1ccccc1. The second kappa shape index (κ2) is 11.8. The number of hydrogen-bond acceptors (Lipinski definition) is 6. The molecule has 1 saturated heterocycles. The van der Waals surface area contributed by atoms with Gasteiger partial charge < -0.3 is 10.1 Å². The van der Waals surface area contributed by atoms with E-state index in [2.05, 4.69) is 10.0 Å². The quantitative estimate of drug-likeness (QED) is 0.482. The number of benzene rings is 2. The number of carbonyl (C=O) groups excluding carboxylic acids is 1. The number of amides is 1. The lowest BCUT2D eigenvalue weighted by atomic mass is 9.96. The molecule has 1 amide bonds. The maximum Gasteiger partial charge on any atom is 0.243 e. The number of rotatable bonds is 10. The Labute approximate surface area is 213 Å². The van der Waals surface area contributed by atoms with Gasteiger partial charge in [-0.15, -0.1) is 0 Å². The van der Waals surface area contributed by atoms with Crippen molar-refractivity contribution in [1.29, 1.82) is 0 Å². The molecule has 4 rings (SSSR count). The highest BCUT2D eigenvalue weighted by Gasteiger charge is 2.31. The zero-order chi connectivity index (χ0) is 25.6. The fraction of sp³-hybridized carbons (Fsp3) is 0.480. The van der Waals surface area contributed by atoms with Gasteiger partial charge in [0.2, 0.25) is 26.0 Å². The van der Waals surface area contributed by atoms with Crippen molar-refractivity contribution >= 4 is 31.6 Å². The van der Waals surface area contributed by atoms with Crippen molar-refractivity contribution in [2.45, 2.75) is 66.9 Å². The average Bonchev–Trinajstić information content (AvgIpc) is 3.38. The minimum atomic E-state index is -4.09. The van der Waals surface area contributed by atoms with E-state index in [1.807, 2.05) is 6.07 Å². The third-order valence-corrected chi connectivity index (χ3v) is 9.87. The summed E-state index contributed by atoms with van der Waals surface area (Å²) in [5.41, 5.74) is 0.567. The number of sulfonamides is 2. The van der Waals surface area contributed by atoms with Gasteiger partial charge in [0.15, 0.2) is 0 Å². The molecular formula is C25H33N3O6S2. The van der Waals surface area contributed by atoms with Gasteiger partial charge in [0.05, 0.1) is 22.4 Å². The van der Waals surface area contributed by atoms with Crippen LogP contribution in [0, 0.1) is 0 Å². The summed E-state index contributed by atoms with van der Waals surface area (Å²) in [6.07, 6.45) is 5.92. The number of nitrogens with one attached hydrogen (secondary N) is 2. The van der Waals surface area contributed by atoms with Crippen LogP contribution in [0.1, 0.15) is 44.9 Å². The zero-order valence-corrected chi connectivity index (χ0v) is 21.8. The number of anilines is 1. The molecule has 0 radical (unpaired) electrons. The third-order valence-electron chi connectivity index (χ3n) is 6.51. The molecule has 0 spiro atoms. The molecule has 36 heavy (non-hydrogen) atoms. The van der Waals surface area contributed by atoms with Crippen LogP contribution in [0.2, 0.25) is 0 Å². The lowest BCUT2D eigenvalue weighted by molar-refractivity contribution is -0.116. The number of para-hydroxylation sites is 1. The Morgan fingerprint density at radius 1 is 0.861 bits per heavy atom. The van der Waals surface area contributed by atoms with Crippen molar-refractivity contribution in [3.05, 3.63) is 54.6 Å². The van der Waals surface area contributed by atoms with Crippen LogP contribution in [-0.4, -0.2) is 58.9 Å². The van der Waals surface area contributed by atoms with Crippen LogP contribution in [-0.2, 0) is 29.6 Å². The predicted octanol–water partition coefficient (Wildman–Crippen LogP) is 3.11. The van der Waals surface area contributed by atoms with Gasteiger partial charge >= 0.3 is 0 Å². The second-order valence-electron chi connectivity index (χ2n) is 9.27. The molecule has 11 heteroatoms. The Balaban J connectivity index is 1.50. The summed E-state index contributed by atoms with van der Waals surface area (Å²) in [4.78, 5) is 12.6. The van der Waals surface area contributed by atoms with E-state index < -0.39 is 26.0 Å². The summed E-state index contributed by atoms with van der Waals surface area (Å²) < 4.78 is 62.1. The van der Waals surface area contributed by atoms with E-state index in [1.165, 1.54) is 24.3 Å². The van der Waals surface area contributed by atoms with E-state index in [4.69, 9.17) is 4.74 Å². The van der Waals surface area contributed by atoms with Crippen LogP contribution in [0.3, 0.4) is 0 Å². The molecule has 0 aromatic heterocycles. The minimum absolute atomic E-state index is 0.0134. The van der Waals surface area contributed by atoms with Crippen LogP contribution < -0.4 is 10.0 Å². The predicted molar refractivity (Wildman–Crippen MR) is 136 cm³/mol. The average molecular weight is 536 g/mol. The normalized spacial score (nSPS) is 19.4. The summed E-state index contributed by atoms with van der Waals surface area (Å²) in [6, 6.07) is 13.9. The number of carbonyl (C=O) groups is 1. The highest BCUT2D eigenvalue weighted by Crippen LogP contribution is 2.23. The van der Waals surface area contributed by atoms with E-state index in [9.17, 15) is 21.6 Å². The highest BCUT2D eigenvalue weighted by atomic mass is 32.2. The molecule has 2 aliphatic rings. The molecule has 1 saturated carbocycles. The van der Waals surface area contributed by atoms with Gasteiger partial charge in [0.25, 0.3) is 0 Å². The third kappa shape index (κ3) is 6.92. The minimum Gasteiger partial charge on any atom is -0.377 e. The number of hydrogen-bond donors (Lipinski definition) is 2. The highest BCUT2D eigenvalue weighted by molar-refractivity contribution is 7.89. The molecule has 1 heterocycles. The topological polar surface area (TPSA) is 122 Å². The van der Waals surface area contributed by atoms with E-state index in [0.717, 1.165) is 42.8 Å². The zero-order valence-electron chi connectivity index (χ0n) is 20.1. The summed E-state index contributed by atoms with van der Waals surface area (Å²) in [6.45, 7) is 0.198. The van der Waals surface area contributed by atoms with Gasteiger partial charge in [0, 0.05) is 24.9 Å². The molecule has 1 aliphatic heterocycles. The molecule has 2 fully saturated rings. The van der Waals surface area contributed by atoms with Crippen molar-refractivity contribution in [1.82, 2.24) is 9.03 Å². The van der Waals surface area contributed by atoms with Gasteiger partial charge in [-0.1, -0.05) is 37.5 Å². The standard InChI is InChI=1S/C25H33N3O6S2/c29-25(26-20-8-3-1-4-9-20)19-28(18-22-12-7-17-34-22)36(32,33)24-15-13-23(14-16-24)35(30,31)27-21-10-5-2-6-11-21/h1,3-4,8-9,13-16,21-22,27H,2,5-7,10-12,17-19H2,(H,26,29)/t22-/m1/s1. The molecule has 0 bridgehead atoms. The molecular weight excluding hydrogens is 502 g/mol. The maximum absolute atomic E-state index is 13.5. The Bertz CT molecular complexity index is 1220. The first-order valence-corrected chi connectivity index (χ1v) is 15.3. The maximum atomic E-state index is 13.5. The second-order valence-corrected chi connectivity index (χ2v) is 12.9. The molecule has 2 aromatic rings. The summed E-state index contributed by atoms with van der Waals surface area (Å²) in [5, 5.41) is 2.72. The number of ether oxygens (including phenoxy) is 1. The molecule has 9 nitrogen and oxygen atoms in total. The Hall–Kier alpha value is -2.31. The monoisotopic (exact) mass is 535 g/mol. The largest absolute Gasteiger partial charge is 0.377 e. The van der Waals surface area contributed by atoms with Crippen molar-refractivity contribution in [3.63, 3.8) is 0 Å². The van der Waals surface area contributed by atoms with Crippen LogP contribution in [0.5, 0.6) is 0 Å². The Kier molecular flexibility index (Phi) is 8.78. The van der Waals surface area contributed by atoms with E-state index in [-0.39, 0.29) is 35.0 Å². The molecule has 0 unspecified atom stereocenters. The summed E-state index contributed by atoms with van der Waals surface area (Å²) >= 11 is 0. The first-order chi connectivity index (χ1) is 17.2. The number of nitrogens with zero attached hydrogens (tertiary/aromatic N) is 1. The van der Waals surface area contributed by atoms with Crippen LogP contribution >= 0.6 is 0 Å². The van der Waals surface area contributed by atoms with Gasteiger partial charge in [-0.05, 0) is 62.1 Å². The van der Waals surface area contributed by atoms with Gasteiger partial charge in [-0.25, -0.2) is 21.6 Å². The van der Waals surface area contributed by atoms with Crippen molar-refractivity contribution in [2.75, 3.05) is 25.0 Å². The van der Waals surface area contributed by atoms with Crippen LogP contribution in [0.4, 0.5) is 5.69 Å². The molecule has 196 valence electrons. The van der Waals surface area contributed by atoms with Crippen molar-refractivity contribution < 1.29 is 26.4 Å². The lowest BCUT2D eigenvalue weighted by Gasteiger charge is -2.25. The van der Waals surface area contributed by atoms with E-state index >= 15 is 0 Å². The first-order valence-electron chi connectivity index (χ1n) is 12.3. The van der Waals surface area contributed by atoms with Crippen LogP contribution in [0.25, 0.3) is 0 Å². The Morgan fingerprint density at radius 2 is 1.53 bits per heavy atom. The van der Waals surface area contributed by atoms with Gasteiger partial charge in [-0.3, -0.25) is 4.79 Å². The molecule has 2 aromatic carbocycles. The van der Waals surface area contributed by atoms with Crippen molar-refractivity contribution in [3.8, 4) is 0 Å².